The number of benzene rings is 3. The third-order valence-electron chi connectivity index (χ3n) is 7.18. The highest BCUT2D eigenvalue weighted by molar-refractivity contribution is 6.34. The second-order valence-corrected chi connectivity index (χ2v) is 10.1. The van der Waals surface area contributed by atoms with Gasteiger partial charge in [-0.3, -0.25) is 9.59 Å². The Hall–Kier alpha value is -3.75. The number of nitrogens with one attached hydrogen (secondary N) is 2. The first-order chi connectivity index (χ1) is 19.0. The number of carbonyl (C=O) groups excluding carboxylic acids is 2. The molecule has 0 aliphatic carbocycles. The molecule has 2 aliphatic heterocycles. The molecule has 2 saturated heterocycles. The van der Waals surface area contributed by atoms with E-state index in [1.165, 1.54) is 0 Å². The van der Waals surface area contributed by atoms with E-state index in [1.54, 1.807) is 37.4 Å². The topological polar surface area (TPSA) is 83.1 Å². The number of para-hydroxylation sites is 2. The molecule has 2 amide bonds. The lowest BCUT2D eigenvalue weighted by atomic mass is 10.1. The molecule has 8 nitrogen and oxygen atoms in total. The van der Waals surface area contributed by atoms with Crippen molar-refractivity contribution in [2.45, 2.75) is 18.9 Å². The van der Waals surface area contributed by atoms with Crippen molar-refractivity contribution in [3.63, 3.8) is 0 Å². The van der Waals surface area contributed by atoms with Gasteiger partial charge in [-0.25, -0.2) is 0 Å². The van der Waals surface area contributed by atoms with Crippen LogP contribution >= 0.6 is 11.6 Å². The summed E-state index contributed by atoms with van der Waals surface area (Å²) in [6.07, 6.45) is 1.97. The molecule has 0 bridgehead atoms. The number of rotatable bonds is 8. The molecule has 3 aromatic carbocycles. The van der Waals surface area contributed by atoms with Gasteiger partial charge >= 0.3 is 0 Å². The van der Waals surface area contributed by atoms with E-state index in [0.717, 1.165) is 62.8 Å². The van der Waals surface area contributed by atoms with Crippen LogP contribution in [0.3, 0.4) is 0 Å². The summed E-state index contributed by atoms with van der Waals surface area (Å²) in [4.78, 5) is 30.8. The van der Waals surface area contributed by atoms with Gasteiger partial charge in [-0.05, 0) is 55.3 Å². The average molecular weight is 549 g/mol. The summed E-state index contributed by atoms with van der Waals surface area (Å²) in [6, 6.07) is 20.4. The lowest BCUT2D eigenvalue weighted by molar-refractivity contribution is 0.0858. The average Bonchev–Trinajstić information content (AvgIpc) is 3.50. The van der Waals surface area contributed by atoms with Crippen molar-refractivity contribution in [3.8, 4) is 5.75 Å². The Balaban J connectivity index is 1.35. The number of hydrogen-bond donors (Lipinski definition) is 2. The standard InChI is InChI=1S/C30H33ClN4O4/c1-38-28-11-5-4-10-27(28)35-16-14-34(15-17-35)26-13-12-21(33-30(37)23-8-2-3-9-25(23)31)19-24(26)29(36)32-20-22-7-6-18-39-22/h2-5,8-13,19,22H,6-7,14-18,20H2,1H3,(H,32,36)(H,33,37). The first-order valence-corrected chi connectivity index (χ1v) is 13.6. The zero-order valence-electron chi connectivity index (χ0n) is 22.0. The molecule has 204 valence electrons. The van der Waals surface area contributed by atoms with Gasteiger partial charge in [-0.15, -0.1) is 0 Å². The van der Waals surface area contributed by atoms with Gasteiger partial charge < -0.3 is 29.9 Å². The predicted octanol–water partition coefficient (Wildman–Crippen LogP) is 4.84. The van der Waals surface area contributed by atoms with E-state index in [4.69, 9.17) is 21.1 Å². The largest absolute Gasteiger partial charge is 0.495 e. The van der Waals surface area contributed by atoms with E-state index in [2.05, 4.69) is 26.5 Å². The fraction of sp³-hybridized carbons (Fsp3) is 0.333. The second kappa shape index (κ2) is 12.4. The van der Waals surface area contributed by atoms with Crippen LogP contribution in [0, 0.1) is 0 Å². The Morgan fingerprint density at radius 1 is 0.923 bits per heavy atom. The molecule has 2 N–H and O–H groups in total. The number of methoxy groups -OCH3 is 1. The highest BCUT2D eigenvalue weighted by Gasteiger charge is 2.25. The van der Waals surface area contributed by atoms with Crippen molar-refractivity contribution < 1.29 is 19.1 Å². The number of ether oxygens (including phenoxy) is 2. The Labute approximate surface area is 233 Å². The molecule has 39 heavy (non-hydrogen) atoms. The van der Waals surface area contributed by atoms with E-state index < -0.39 is 0 Å². The molecule has 1 atom stereocenters. The van der Waals surface area contributed by atoms with Crippen LogP contribution in [0.15, 0.2) is 66.7 Å². The van der Waals surface area contributed by atoms with Crippen LogP contribution in [0.4, 0.5) is 17.1 Å². The number of anilines is 3. The molecule has 9 heteroatoms. The van der Waals surface area contributed by atoms with Crippen LogP contribution in [0.1, 0.15) is 33.6 Å². The van der Waals surface area contributed by atoms with E-state index >= 15 is 0 Å². The number of amides is 2. The highest BCUT2D eigenvalue weighted by Crippen LogP contribution is 2.31. The van der Waals surface area contributed by atoms with Crippen molar-refractivity contribution in [3.05, 3.63) is 82.9 Å². The van der Waals surface area contributed by atoms with Gasteiger partial charge in [0.1, 0.15) is 5.75 Å². The summed E-state index contributed by atoms with van der Waals surface area (Å²) < 4.78 is 11.2. The Morgan fingerprint density at radius 2 is 1.64 bits per heavy atom. The molecule has 5 rings (SSSR count). The fourth-order valence-corrected chi connectivity index (χ4v) is 5.32. The third kappa shape index (κ3) is 6.29. The van der Waals surface area contributed by atoms with Crippen molar-refractivity contribution in [2.75, 3.05) is 61.6 Å². The van der Waals surface area contributed by atoms with E-state index in [-0.39, 0.29) is 17.9 Å². The Morgan fingerprint density at radius 3 is 2.36 bits per heavy atom. The van der Waals surface area contributed by atoms with Crippen molar-refractivity contribution in [2.24, 2.45) is 0 Å². The summed E-state index contributed by atoms with van der Waals surface area (Å²) in [6.45, 7) is 4.21. The molecule has 3 aromatic rings. The molecule has 0 saturated carbocycles. The number of hydrogen-bond acceptors (Lipinski definition) is 6. The van der Waals surface area contributed by atoms with Gasteiger partial charge in [-0.2, -0.15) is 0 Å². The highest BCUT2D eigenvalue weighted by atomic mass is 35.5. The molecular weight excluding hydrogens is 516 g/mol. The number of nitrogens with zero attached hydrogens (tertiary/aromatic N) is 2. The Bertz CT molecular complexity index is 1320. The Kier molecular flexibility index (Phi) is 8.54. The van der Waals surface area contributed by atoms with Crippen LogP contribution in [0.25, 0.3) is 0 Å². The molecule has 1 unspecified atom stereocenters. The monoisotopic (exact) mass is 548 g/mol. The maximum atomic E-state index is 13.4. The SMILES string of the molecule is COc1ccccc1N1CCN(c2ccc(NC(=O)c3ccccc3Cl)cc2C(=O)NCC2CCCO2)CC1. The molecular formula is C30H33ClN4O4. The summed E-state index contributed by atoms with van der Waals surface area (Å²) in [5.41, 5.74) is 3.30. The molecule has 2 aliphatic rings. The maximum Gasteiger partial charge on any atom is 0.257 e. The normalized spacial score (nSPS) is 17.1. The number of piperazine rings is 1. The maximum absolute atomic E-state index is 13.4. The van der Waals surface area contributed by atoms with Crippen LogP contribution in [0.2, 0.25) is 5.02 Å². The molecule has 0 radical (unpaired) electrons. The van der Waals surface area contributed by atoms with Crippen molar-refractivity contribution in [1.82, 2.24) is 5.32 Å². The number of carbonyl (C=O) groups is 2. The summed E-state index contributed by atoms with van der Waals surface area (Å²) in [5, 5.41) is 6.30. The lowest BCUT2D eigenvalue weighted by Gasteiger charge is -2.38. The van der Waals surface area contributed by atoms with Crippen LogP contribution in [-0.2, 0) is 4.74 Å². The quantitative estimate of drug-likeness (QED) is 0.419. The van der Waals surface area contributed by atoms with Crippen LogP contribution < -0.4 is 25.2 Å². The minimum Gasteiger partial charge on any atom is -0.495 e. The number of halogens is 1. The van der Waals surface area contributed by atoms with Crippen molar-refractivity contribution in [1.29, 1.82) is 0 Å². The second-order valence-electron chi connectivity index (χ2n) is 9.66. The van der Waals surface area contributed by atoms with E-state index in [9.17, 15) is 9.59 Å². The zero-order chi connectivity index (χ0) is 27.2. The predicted molar refractivity (Wildman–Crippen MR) is 155 cm³/mol. The minimum atomic E-state index is -0.329. The van der Waals surface area contributed by atoms with Gasteiger partial charge in [0, 0.05) is 50.7 Å². The summed E-state index contributed by atoms with van der Waals surface area (Å²) in [5.74, 6) is 0.324. The van der Waals surface area contributed by atoms with Gasteiger partial charge in [0.15, 0.2) is 0 Å². The lowest BCUT2D eigenvalue weighted by Crippen LogP contribution is -2.47. The minimum absolute atomic E-state index is 0.0323. The van der Waals surface area contributed by atoms with Crippen LogP contribution in [-0.4, -0.2) is 64.4 Å². The fourth-order valence-electron chi connectivity index (χ4n) is 5.10. The third-order valence-corrected chi connectivity index (χ3v) is 7.51. The van der Waals surface area contributed by atoms with Gasteiger partial charge in [0.2, 0.25) is 0 Å². The first-order valence-electron chi connectivity index (χ1n) is 13.3. The zero-order valence-corrected chi connectivity index (χ0v) is 22.7. The molecule has 0 aromatic heterocycles. The summed E-state index contributed by atoms with van der Waals surface area (Å²) >= 11 is 6.22. The van der Waals surface area contributed by atoms with Gasteiger partial charge in [-0.1, -0.05) is 35.9 Å². The summed E-state index contributed by atoms with van der Waals surface area (Å²) in [7, 11) is 1.68. The molecule has 2 fully saturated rings. The smallest absolute Gasteiger partial charge is 0.257 e. The molecule has 0 spiro atoms. The van der Waals surface area contributed by atoms with E-state index in [0.29, 0.717) is 28.4 Å². The van der Waals surface area contributed by atoms with Crippen LogP contribution in [0.5, 0.6) is 5.75 Å². The van der Waals surface area contributed by atoms with Gasteiger partial charge in [0.05, 0.1) is 35.1 Å². The first kappa shape index (κ1) is 26.8. The molecule has 2 heterocycles. The van der Waals surface area contributed by atoms with Crippen molar-refractivity contribution >= 4 is 40.5 Å². The van der Waals surface area contributed by atoms with Gasteiger partial charge in [0.25, 0.3) is 11.8 Å². The van der Waals surface area contributed by atoms with E-state index in [1.807, 2.05) is 30.3 Å².